The van der Waals surface area contributed by atoms with E-state index in [1.165, 1.54) is 12.8 Å². The Hall–Kier alpha value is -1.06. The number of ether oxygens (including phenoxy) is 1. The molecule has 3 heterocycles. The molecule has 0 bridgehead atoms. The molecule has 1 unspecified atom stereocenters. The standard InChI is InChI=1S/C13H15ClN2O/c14-12-6-3-4-10-9-15-13(16(10)12)8-11-5-1-2-7-17-11/h3-4,6,9,11H,1-2,5,7-8H2. The van der Waals surface area contributed by atoms with Crippen LogP contribution in [0, 0.1) is 0 Å². The molecule has 1 aliphatic rings. The summed E-state index contributed by atoms with van der Waals surface area (Å²) < 4.78 is 7.74. The lowest BCUT2D eigenvalue weighted by Crippen LogP contribution is -2.22. The van der Waals surface area contributed by atoms with E-state index in [-0.39, 0.29) is 0 Å². The highest BCUT2D eigenvalue weighted by atomic mass is 35.5. The molecule has 1 atom stereocenters. The highest BCUT2D eigenvalue weighted by Crippen LogP contribution is 2.20. The zero-order valence-corrected chi connectivity index (χ0v) is 10.4. The van der Waals surface area contributed by atoms with Crippen LogP contribution in [-0.2, 0) is 11.2 Å². The van der Waals surface area contributed by atoms with E-state index >= 15 is 0 Å². The van der Waals surface area contributed by atoms with Gasteiger partial charge in [0.15, 0.2) is 0 Å². The fourth-order valence-electron chi connectivity index (χ4n) is 2.39. The second-order valence-electron chi connectivity index (χ2n) is 4.48. The predicted molar refractivity (Wildman–Crippen MR) is 67.5 cm³/mol. The molecule has 0 radical (unpaired) electrons. The van der Waals surface area contributed by atoms with Gasteiger partial charge in [-0.15, -0.1) is 0 Å². The first-order valence-electron chi connectivity index (χ1n) is 6.07. The van der Waals surface area contributed by atoms with Gasteiger partial charge in [-0.1, -0.05) is 17.7 Å². The summed E-state index contributed by atoms with van der Waals surface area (Å²) in [5.41, 5.74) is 1.04. The summed E-state index contributed by atoms with van der Waals surface area (Å²) in [6.07, 6.45) is 6.56. The molecule has 1 fully saturated rings. The smallest absolute Gasteiger partial charge is 0.116 e. The van der Waals surface area contributed by atoms with Crippen LogP contribution in [0.2, 0.25) is 5.15 Å². The largest absolute Gasteiger partial charge is 0.378 e. The van der Waals surface area contributed by atoms with Gasteiger partial charge >= 0.3 is 0 Å². The van der Waals surface area contributed by atoms with Crippen LogP contribution in [0.5, 0.6) is 0 Å². The molecule has 3 nitrogen and oxygen atoms in total. The van der Waals surface area contributed by atoms with Crippen LogP contribution in [0.15, 0.2) is 24.4 Å². The number of hydrogen-bond acceptors (Lipinski definition) is 2. The molecule has 0 spiro atoms. The quantitative estimate of drug-likeness (QED) is 0.766. The molecule has 1 aliphatic heterocycles. The average Bonchev–Trinajstić information content (AvgIpc) is 2.75. The van der Waals surface area contributed by atoms with E-state index in [0.717, 1.165) is 30.8 Å². The van der Waals surface area contributed by atoms with E-state index in [9.17, 15) is 0 Å². The third-order valence-corrected chi connectivity index (χ3v) is 3.56. The number of fused-ring (bicyclic) bond motifs is 1. The minimum atomic E-state index is 0.297. The molecule has 0 amide bonds. The third kappa shape index (κ3) is 2.17. The first-order chi connectivity index (χ1) is 8.34. The van der Waals surface area contributed by atoms with Gasteiger partial charge in [0.1, 0.15) is 11.0 Å². The average molecular weight is 251 g/mol. The molecule has 3 rings (SSSR count). The molecule has 0 N–H and O–H groups in total. The minimum Gasteiger partial charge on any atom is -0.378 e. The van der Waals surface area contributed by atoms with Crippen molar-refractivity contribution in [3.8, 4) is 0 Å². The number of halogens is 1. The Labute approximate surface area is 105 Å². The fraction of sp³-hybridized carbons (Fsp3) is 0.462. The first-order valence-corrected chi connectivity index (χ1v) is 6.45. The summed E-state index contributed by atoms with van der Waals surface area (Å²) in [7, 11) is 0. The Kier molecular flexibility index (Phi) is 3.04. The highest BCUT2D eigenvalue weighted by molar-refractivity contribution is 6.29. The molecule has 2 aromatic heterocycles. The number of pyridine rings is 1. The molecule has 0 aliphatic carbocycles. The van der Waals surface area contributed by atoms with Crippen molar-refractivity contribution >= 4 is 17.1 Å². The molecule has 0 aromatic carbocycles. The molecule has 90 valence electrons. The summed E-state index contributed by atoms with van der Waals surface area (Å²) in [6, 6.07) is 5.85. The Morgan fingerprint density at radius 2 is 2.35 bits per heavy atom. The van der Waals surface area contributed by atoms with E-state index in [1.54, 1.807) is 0 Å². The lowest BCUT2D eigenvalue weighted by Gasteiger charge is -2.22. The first kappa shape index (κ1) is 11.1. The Balaban J connectivity index is 1.89. The maximum Gasteiger partial charge on any atom is 0.116 e. The molecule has 0 saturated carbocycles. The number of rotatable bonds is 2. The van der Waals surface area contributed by atoms with Gasteiger partial charge < -0.3 is 4.74 Å². The van der Waals surface area contributed by atoms with Crippen LogP contribution in [0.3, 0.4) is 0 Å². The third-order valence-electron chi connectivity index (χ3n) is 3.26. The van der Waals surface area contributed by atoms with Gasteiger partial charge in [-0.05, 0) is 31.4 Å². The van der Waals surface area contributed by atoms with Crippen molar-refractivity contribution in [2.24, 2.45) is 0 Å². The van der Waals surface area contributed by atoms with Gasteiger partial charge in [0, 0.05) is 13.0 Å². The summed E-state index contributed by atoms with van der Waals surface area (Å²) in [6.45, 7) is 0.877. The Morgan fingerprint density at radius 1 is 1.41 bits per heavy atom. The normalized spacial score (nSPS) is 20.9. The molecule has 17 heavy (non-hydrogen) atoms. The zero-order chi connectivity index (χ0) is 11.7. The van der Waals surface area contributed by atoms with E-state index < -0.39 is 0 Å². The molecular formula is C13H15ClN2O. The van der Waals surface area contributed by atoms with Crippen molar-refractivity contribution < 1.29 is 4.74 Å². The van der Waals surface area contributed by atoms with Gasteiger partial charge in [0.05, 0.1) is 17.8 Å². The topological polar surface area (TPSA) is 26.5 Å². The van der Waals surface area contributed by atoms with E-state index in [4.69, 9.17) is 16.3 Å². The number of nitrogens with zero attached hydrogens (tertiary/aromatic N) is 2. The molecule has 2 aromatic rings. The van der Waals surface area contributed by atoms with Gasteiger partial charge in [-0.3, -0.25) is 4.40 Å². The SMILES string of the molecule is Clc1cccc2cnc(CC3CCCCO3)n12. The van der Waals surface area contributed by atoms with Gasteiger partial charge in [-0.2, -0.15) is 0 Å². The van der Waals surface area contributed by atoms with E-state index in [0.29, 0.717) is 11.3 Å². The fourth-order valence-corrected chi connectivity index (χ4v) is 2.65. The lowest BCUT2D eigenvalue weighted by molar-refractivity contribution is 0.0156. The van der Waals surface area contributed by atoms with Crippen molar-refractivity contribution in [1.29, 1.82) is 0 Å². The summed E-state index contributed by atoms with van der Waals surface area (Å²) in [5.74, 6) is 0.998. The number of aromatic nitrogens is 2. The number of hydrogen-bond donors (Lipinski definition) is 0. The maximum absolute atomic E-state index is 6.20. The summed E-state index contributed by atoms with van der Waals surface area (Å²) in [5, 5.41) is 0.714. The van der Waals surface area contributed by atoms with Crippen molar-refractivity contribution in [3.63, 3.8) is 0 Å². The maximum atomic E-state index is 6.20. The second kappa shape index (κ2) is 4.67. The Bertz CT molecular complexity index is 517. The molecular weight excluding hydrogens is 236 g/mol. The van der Waals surface area contributed by atoms with Crippen LogP contribution < -0.4 is 0 Å². The predicted octanol–water partition coefficient (Wildman–Crippen LogP) is 3.10. The number of imidazole rings is 1. The van der Waals surface area contributed by atoms with Crippen LogP contribution in [0.1, 0.15) is 25.1 Å². The van der Waals surface area contributed by atoms with Crippen LogP contribution in [0.25, 0.3) is 5.52 Å². The van der Waals surface area contributed by atoms with E-state index in [1.807, 2.05) is 28.8 Å². The van der Waals surface area contributed by atoms with Crippen LogP contribution in [-0.4, -0.2) is 22.1 Å². The van der Waals surface area contributed by atoms with Gasteiger partial charge in [0.25, 0.3) is 0 Å². The monoisotopic (exact) mass is 250 g/mol. The summed E-state index contributed by atoms with van der Waals surface area (Å²) >= 11 is 6.20. The van der Waals surface area contributed by atoms with E-state index in [2.05, 4.69) is 4.98 Å². The molecule has 1 saturated heterocycles. The second-order valence-corrected chi connectivity index (χ2v) is 4.86. The van der Waals surface area contributed by atoms with Crippen molar-refractivity contribution in [1.82, 2.24) is 9.38 Å². The highest BCUT2D eigenvalue weighted by Gasteiger charge is 2.17. The zero-order valence-electron chi connectivity index (χ0n) is 9.60. The Morgan fingerprint density at radius 3 is 3.18 bits per heavy atom. The van der Waals surface area contributed by atoms with Gasteiger partial charge in [-0.25, -0.2) is 4.98 Å². The van der Waals surface area contributed by atoms with Crippen molar-refractivity contribution in [2.45, 2.75) is 31.8 Å². The van der Waals surface area contributed by atoms with Crippen molar-refractivity contribution in [2.75, 3.05) is 6.61 Å². The van der Waals surface area contributed by atoms with Gasteiger partial charge in [0.2, 0.25) is 0 Å². The lowest BCUT2D eigenvalue weighted by atomic mass is 10.1. The van der Waals surface area contributed by atoms with Crippen LogP contribution in [0.4, 0.5) is 0 Å². The van der Waals surface area contributed by atoms with Crippen LogP contribution >= 0.6 is 11.6 Å². The summed E-state index contributed by atoms with van der Waals surface area (Å²) in [4.78, 5) is 4.45. The minimum absolute atomic E-state index is 0.297. The molecule has 4 heteroatoms. The van der Waals surface area contributed by atoms with Crippen molar-refractivity contribution in [3.05, 3.63) is 35.4 Å².